The van der Waals surface area contributed by atoms with E-state index >= 15 is 0 Å². The van der Waals surface area contributed by atoms with Crippen molar-refractivity contribution in [2.24, 2.45) is 4.99 Å². The van der Waals surface area contributed by atoms with Crippen LogP contribution in [0.3, 0.4) is 0 Å². The first kappa shape index (κ1) is 37.8. The fraction of sp³-hybridized carbons (Fsp3) is 0.452. The summed E-state index contributed by atoms with van der Waals surface area (Å²) in [6.45, 7) is 11.9. The summed E-state index contributed by atoms with van der Waals surface area (Å²) in [6, 6.07) is 13.3. The maximum Gasteiger partial charge on any atom is 0.255 e. The first-order chi connectivity index (χ1) is 27.5. The molecule has 0 spiro atoms. The van der Waals surface area contributed by atoms with Crippen molar-refractivity contribution in [2.45, 2.75) is 83.5 Å². The van der Waals surface area contributed by atoms with Crippen molar-refractivity contribution < 1.29 is 19.2 Å². The van der Waals surface area contributed by atoms with Gasteiger partial charge in [-0.15, -0.1) is 21.5 Å². The number of hydrogen-bond acceptors (Lipinski definition) is 10. The molecular weight excluding hydrogens is 762 g/mol. The Morgan fingerprint density at radius 1 is 1.00 bits per heavy atom. The molecule has 9 rings (SSSR count). The zero-order valence-electron chi connectivity index (χ0n) is 32.4. The minimum absolute atomic E-state index is 0.0664. The Hall–Kier alpha value is -4.76. The van der Waals surface area contributed by atoms with Crippen LogP contribution in [0.15, 0.2) is 47.5 Å². The Labute approximate surface area is 340 Å². The number of halogens is 1. The summed E-state index contributed by atoms with van der Waals surface area (Å²) >= 11 is 7.95. The number of carbonyl (C=O) groups excluding carboxylic acids is 4. The normalized spacial score (nSPS) is 21.7. The lowest BCUT2D eigenvalue weighted by Gasteiger charge is -2.47. The molecule has 7 heterocycles. The summed E-state index contributed by atoms with van der Waals surface area (Å²) in [7, 11) is 0. The van der Waals surface area contributed by atoms with Gasteiger partial charge >= 0.3 is 0 Å². The molecule has 0 saturated carbocycles. The average molecular weight is 808 g/mol. The summed E-state index contributed by atoms with van der Waals surface area (Å²) in [5, 5.41) is 16.2. The highest BCUT2D eigenvalue weighted by Gasteiger charge is 2.40. The summed E-state index contributed by atoms with van der Waals surface area (Å²) in [5.41, 5.74) is 6.87. The Balaban J connectivity index is 0.763. The van der Waals surface area contributed by atoms with Gasteiger partial charge in [0.1, 0.15) is 22.9 Å². The zero-order chi connectivity index (χ0) is 39.5. The third-order valence-electron chi connectivity index (χ3n) is 12.5. The monoisotopic (exact) mass is 807 g/mol. The number of amides is 4. The van der Waals surface area contributed by atoms with Crippen LogP contribution in [0.2, 0.25) is 5.02 Å². The van der Waals surface area contributed by atoms with Crippen LogP contribution in [-0.4, -0.2) is 110 Å². The number of aliphatic imine (C=N–C) groups is 1. The van der Waals surface area contributed by atoms with Gasteiger partial charge in [-0.2, -0.15) is 0 Å². The first-order valence-corrected chi connectivity index (χ1v) is 21.1. The van der Waals surface area contributed by atoms with Gasteiger partial charge in [0.2, 0.25) is 17.7 Å². The van der Waals surface area contributed by atoms with E-state index in [1.54, 1.807) is 16.2 Å². The number of hydrogen-bond donors (Lipinski definition) is 2. The van der Waals surface area contributed by atoms with Crippen molar-refractivity contribution in [1.29, 1.82) is 0 Å². The largest absolute Gasteiger partial charge is 0.355 e. The van der Waals surface area contributed by atoms with E-state index in [0.29, 0.717) is 47.9 Å². The molecule has 1 unspecified atom stereocenters. The van der Waals surface area contributed by atoms with E-state index in [1.165, 1.54) is 10.4 Å². The van der Waals surface area contributed by atoms with Gasteiger partial charge in [0.05, 0.1) is 12.1 Å². The number of thiophene rings is 1. The van der Waals surface area contributed by atoms with Crippen LogP contribution in [0.5, 0.6) is 0 Å². The fourth-order valence-corrected chi connectivity index (χ4v) is 10.5. The third kappa shape index (κ3) is 7.10. The number of imide groups is 1. The van der Waals surface area contributed by atoms with Gasteiger partial charge in [-0.1, -0.05) is 35.9 Å². The highest BCUT2D eigenvalue weighted by molar-refractivity contribution is 7.15. The number of aryl methyl sites for hydroxylation is 2. The van der Waals surface area contributed by atoms with E-state index < -0.39 is 12.1 Å². The van der Waals surface area contributed by atoms with Crippen molar-refractivity contribution in [1.82, 2.24) is 40.1 Å². The fourth-order valence-electron chi connectivity index (χ4n) is 9.14. The van der Waals surface area contributed by atoms with Crippen molar-refractivity contribution in [3.63, 3.8) is 0 Å². The molecule has 4 amide bonds. The Morgan fingerprint density at radius 3 is 2.53 bits per heavy atom. The van der Waals surface area contributed by atoms with E-state index in [2.05, 4.69) is 61.2 Å². The number of rotatable bonds is 9. The summed E-state index contributed by atoms with van der Waals surface area (Å²) in [6.07, 6.45) is 2.90. The predicted octanol–water partition coefficient (Wildman–Crippen LogP) is 4.63. The van der Waals surface area contributed by atoms with Crippen molar-refractivity contribution in [2.75, 3.05) is 39.3 Å². The van der Waals surface area contributed by atoms with Crippen LogP contribution in [0.4, 0.5) is 0 Å². The number of benzene rings is 2. The van der Waals surface area contributed by atoms with Gasteiger partial charge in [-0.3, -0.25) is 43.9 Å². The molecule has 2 aromatic carbocycles. The lowest BCUT2D eigenvalue weighted by molar-refractivity contribution is -0.137. The van der Waals surface area contributed by atoms with Crippen molar-refractivity contribution in [3.8, 4) is 5.00 Å². The molecule has 13 nitrogen and oxygen atoms in total. The molecule has 3 saturated heterocycles. The average Bonchev–Trinajstić information content (AvgIpc) is 3.79. The van der Waals surface area contributed by atoms with Crippen LogP contribution >= 0.6 is 22.9 Å². The first-order valence-electron chi connectivity index (χ1n) is 19.9. The lowest BCUT2D eigenvalue weighted by Crippen LogP contribution is -2.61. The molecule has 2 N–H and O–H groups in total. The van der Waals surface area contributed by atoms with E-state index in [0.717, 1.165) is 84.4 Å². The molecule has 0 radical (unpaired) electrons. The topological polar surface area (TPSA) is 145 Å². The molecule has 5 aliphatic heterocycles. The molecule has 2 aromatic heterocycles. The van der Waals surface area contributed by atoms with Crippen LogP contribution in [0, 0.1) is 20.8 Å². The summed E-state index contributed by atoms with van der Waals surface area (Å²) in [5.74, 6) is 1.01. The number of piperidine rings is 2. The van der Waals surface area contributed by atoms with E-state index in [9.17, 15) is 19.2 Å². The molecule has 0 aliphatic carbocycles. The van der Waals surface area contributed by atoms with E-state index in [4.69, 9.17) is 16.6 Å². The molecule has 296 valence electrons. The van der Waals surface area contributed by atoms with Gasteiger partial charge in [0.25, 0.3) is 5.91 Å². The second-order valence-electron chi connectivity index (χ2n) is 16.0. The molecule has 2 atom stereocenters. The lowest BCUT2D eigenvalue weighted by atomic mass is 9.87. The van der Waals surface area contributed by atoms with Gasteiger partial charge < -0.3 is 10.2 Å². The SMILES string of the molecule is Cc1sc2c(c1C)C(c1ccc(Cl)cc1)=N[C@@H](CC(=O)NCCN1CC(N3CCC(c4ccc5c(c4)CN(C4CCC(=O)NC4=O)C5=O)CC3)C1)c1nnc(C)n1-2. The van der Waals surface area contributed by atoms with Crippen molar-refractivity contribution in [3.05, 3.63) is 97.4 Å². The van der Waals surface area contributed by atoms with Gasteiger partial charge in [-0.05, 0) is 93.9 Å². The number of likely N-dealkylation sites (tertiary alicyclic amines) is 2. The van der Waals surface area contributed by atoms with Gasteiger partial charge in [0, 0.05) is 71.8 Å². The number of nitrogens with zero attached hydrogens (tertiary/aromatic N) is 7. The standard InChI is InChI=1S/C42H46ClN9O4S/c1-23-24(2)57-42-37(23)38(27-4-7-30(43)8-5-27)45-33(39-48-47-25(3)52(39)42)19-36(54)44-14-17-49-21-31(22-49)50-15-12-26(13-16-50)28-6-9-32-29(18-28)20-51(41(32)56)34-10-11-35(53)46-40(34)55/h4-9,18,26,31,33-34H,10-17,19-22H2,1-3H3,(H,44,54)(H,46,53,55)/t33-,34?/m0/s1. The molecule has 3 fully saturated rings. The Bertz CT molecular complexity index is 2310. The van der Waals surface area contributed by atoms with E-state index in [1.807, 2.05) is 37.3 Å². The maximum absolute atomic E-state index is 13.5. The minimum Gasteiger partial charge on any atom is -0.355 e. The second-order valence-corrected chi connectivity index (χ2v) is 17.6. The molecule has 57 heavy (non-hydrogen) atoms. The molecule has 0 bridgehead atoms. The van der Waals surface area contributed by atoms with Crippen LogP contribution in [0.25, 0.3) is 5.00 Å². The summed E-state index contributed by atoms with van der Waals surface area (Å²) in [4.78, 5) is 63.8. The number of aromatic nitrogens is 3. The quantitative estimate of drug-likeness (QED) is 0.233. The zero-order valence-corrected chi connectivity index (χ0v) is 34.0. The van der Waals surface area contributed by atoms with Crippen LogP contribution in [0.1, 0.15) is 98.8 Å². The summed E-state index contributed by atoms with van der Waals surface area (Å²) < 4.78 is 2.07. The third-order valence-corrected chi connectivity index (χ3v) is 13.9. The van der Waals surface area contributed by atoms with Crippen LogP contribution < -0.4 is 10.6 Å². The molecule has 5 aliphatic rings. The Kier molecular flexibility index (Phi) is 10.1. The second kappa shape index (κ2) is 15.2. The van der Waals surface area contributed by atoms with Crippen molar-refractivity contribution >= 4 is 52.3 Å². The smallest absolute Gasteiger partial charge is 0.255 e. The Morgan fingerprint density at radius 2 is 1.77 bits per heavy atom. The maximum atomic E-state index is 13.5. The van der Waals surface area contributed by atoms with E-state index in [-0.39, 0.29) is 36.5 Å². The van der Waals surface area contributed by atoms with Gasteiger partial charge in [-0.25, -0.2) is 0 Å². The predicted molar refractivity (Wildman–Crippen MR) is 217 cm³/mol. The number of fused-ring (bicyclic) bond motifs is 4. The molecule has 4 aromatic rings. The highest BCUT2D eigenvalue weighted by Crippen LogP contribution is 2.40. The molecule has 15 heteroatoms. The van der Waals surface area contributed by atoms with Gasteiger partial charge in [0.15, 0.2) is 5.82 Å². The molecular formula is C42H46ClN9O4S. The minimum atomic E-state index is -0.596. The number of nitrogens with one attached hydrogen (secondary N) is 2. The number of carbonyl (C=O) groups is 4. The highest BCUT2D eigenvalue weighted by atomic mass is 35.5. The van der Waals surface area contributed by atoms with Crippen LogP contribution in [-0.2, 0) is 20.9 Å².